The van der Waals surface area contributed by atoms with E-state index in [1.807, 2.05) is 36.4 Å². The van der Waals surface area contributed by atoms with Crippen molar-refractivity contribution in [3.05, 3.63) is 59.7 Å². The normalized spacial score (nSPS) is 17.5. The van der Waals surface area contributed by atoms with Crippen LogP contribution in [0.3, 0.4) is 0 Å². The largest absolute Gasteiger partial charge is 0.454 e. The Kier molecular flexibility index (Phi) is 4.73. The van der Waals surface area contributed by atoms with E-state index in [9.17, 15) is 4.79 Å². The highest BCUT2D eigenvalue weighted by Crippen LogP contribution is 2.32. The minimum absolute atomic E-state index is 0.152. The van der Waals surface area contributed by atoms with E-state index in [1.165, 1.54) is 5.56 Å². The fourth-order valence-electron chi connectivity index (χ4n) is 3.00. The fraction of sp³-hybridized carbons (Fsp3) is 0.300. The third kappa shape index (κ3) is 3.79. The van der Waals surface area contributed by atoms with Crippen molar-refractivity contribution in [2.45, 2.75) is 31.9 Å². The molecule has 4 rings (SSSR count). The Bertz CT molecular complexity index is 820. The zero-order valence-corrected chi connectivity index (χ0v) is 14.3. The number of nitrogens with zero attached hydrogens (tertiary/aromatic N) is 1. The number of hydrogen-bond acceptors (Lipinski definition) is 5. The number of rotatable bonds is 6. The lowest BCUT2D eigenvalue weighted by Crippen LogP contribution is -2.34. The number of ether oxygens (including phenoxy) is 2. The van der Waals surface area contributed by atoms with Crippen molar-refractivity contribution in [1.82, 2.24) is 5.32 Å². The Labute approximate surface area is 151 Å². The summed E-state index contributed by atoms with van der Waals surface area (Å²) in [6.07, 6.45) is 1.69. The van der Waals surface area contributed by atoms with Crippen LogP contribution in [0, 0.1) is 0 Å². The first-order valence-electron chi connectivity index (χ1n) is 8.70. The van der Waals surface area contributed by atoms with Crippen LogP contribution in [-0.2, 0) is 22.6 Å². The van der Waals surface area contributed by atoms with Gasteiger partial charge in [-0.15, -0.1) is 0 Å². The molecule has 0 aromatic heterocycles. The number of nitrogens with one attached hydrogen (secondary N) is 1. The standard InChI is InChI=1S/C20H20N2O4/c23-20(21-12-15-7-9-17-18(10-15)25-13-24-17)19-11-16(22-26-19)8-6-14-4-2-1-3-5-14/h1-5,7,9-10,19H,6,8,11-13H2,(H,21,23)/t19-/m1/s1. The van der Waals surface area contributed by atoms with Crippen molar-refractivity contribution in [3.8, 4) is 11.5 Å². The number of benzene rings is 2. The lowest BCUT2D eigenvalue weighted by molar-refractivity contribution is -0.131. The molecular weight excluding hydrogens is 332 g/mol. The van der Waals surface area contributed by atoms with Crippen LogP contribution in [0.25, 0.3) is 0 Å². The van der Waals surface area contributed by atoms with E-state index >= 15 is 0 Å². The highest BCUT2D eigenvalue weighted by molar-refractivity contribution is 5.92. The molecule has 0 spiro atoms. The summed E-state index contributed by atoms with van der Waals surface area (Å²) >= 11 is 0. The van der Waals surface area contributed by atoms with Crippen molar-refractivity contribution in [2.75, 3.05) is 6.79 Å². The third-order valence-corrected chi connectivity index (χ3v) is 4.47. The summed E-state index contributed by atoms with van der Waals surface area (Å²) < 4.78 is 10.6. The van der Waals surface area contributed by atoms with Crippen LogP contribution in [0.15, 0.2) is 53.7 Å². The first-order valence-corrected chi connectivity index (χ1v) is 8.70. The van der Waals surface area contributed by atoms with Crippen LogP contribution in [-0.4, -0.2) is 24.5 Å². The molecule has 0 unspecified atom stereocenters. The van der Waals surface area contributed by atoms with E-state index < -0.39 is 6.10 Å². The summed E-state index contributed by atoms with van der Waals surface area (Å²) in [5.74, 6) is 1.29. The second-order valence-corrected chi connectivity index (χ2v) is 6.35. The van der Waals surface area contributed by atoms with Gasteiger partial charge in [-0.25, -0.2) is 0 Å². The molecule has 0 aliphatic carbocycles. The smallest absolute Gasteiger partial charge is 0.264 e. The van der Waals surface area contributed by atoms with E-state index in [2.05, 4.69) is 22.6 Å². The number of carbonyl (C=O) groups excluding carboxylic acids is 1. The first kappa shape index (κ1) is 16.4. The maximum atomic E-state index is 12.3. The molecule has 0 saturated carbocycles. The van der Waals surface area contributed by atoms with Gasteiger partial charge in [-0.05, 0) is 36.1 Å². The number of hydrogen-bond donors (Lipinski definition) is 1. The van der Waals surface area contributed by atoms with E-state index in [-0.39, 0.29) is 12.7 Å². The van der Waals surface area contributed by atoms with Gasteiger partial charge >= 0.3 is 0 Å². The second kappa shape index (κ2) is 7.47. The highest BCUT2D eigenvalue weighted by Gasteiger charge is 2.27. The summed E-state index contributed by atoms with van der Waals surface area (Å²) in [6, 6.07) is 15.9. The average Bonchev–Trinajstić information content (AvgIpc) is 3.34. The molecule has 2 aliphatic heterocycles. The highest BCUT2D eigenvalue weighted by atomic mass is 16.7. The summed E-state index contributed by atoms with van der Waals surface area (Å²) in [7, 11) is 0. The van der Waals surface area contributed by atoms with E-state index in [0.717, 1.165) is 29.9 Å². The molecule has 0 bridgehead atoms. The Hall–Kier alpha value is -3.02. The van der Waals surface area contributed by atoms with E-state index in [0.29, 0.717) is 18.7 Å². The Balaban J connectivity index is 1.23. The monoisotopic (exact) mass is 352 g/mol. The average molecular weight is 352 g/mol. The van der Waals surface area contributed by atoms with Gasteiger partial charge < -0.3 is 19.6 Å². The van der Waals surface area contributed by atoms with Crippen molar-refractivity contribution in [3.63, 3.8) is 0 Å². The topological polar surface area (TPSA) is 69.2 Å². The van der Waals surface area contributed by atoms with Gasteiger partial charge in [0.25, 0.3) is 5.91 Å². The quantitative estimate of drug-likeness (QED) is 0.868. The molecule has 0 fully saturated rings. The molecule has 6 nitrogen and oxygen atoms in total. The Morgan fingerprint density at radius 1 is 1.04 bits per heavy atom. The van der Waals surface area contributed by atoms with Gasteiger partial charge in [0.1, 0.15) is 0 Å². The van der Waals surface area contributed by atoms with Gasteiger partial charge in [0.2, 0.25) is 12.9 Å². The molecule has 1 N–H and O–H groups in total. The van der Waals surface area contributed by atoms with E-state index in [1.54, 1.807) is 0 Å². The molecule has 0 radical (unpaired) electrons. The lowest BCUT2D eigenvalue weighted by atomic mass is 10.0. The van der Waals surface area contributed by atoms with Gasteiger partial charge in [-0.3, -0.25) is 4.79 Å². The number of oxime groups is 1. The molecule has 0 saturated heterocycles. The Morgan fingerprint density at radius 3 is 2.77 bits per heavy atom. The zero-order chi connectivity index (χ0) is 17.8. The SMILES string of the molecule is O=C(NCc1ccc2c(c1)OCO2)[C@H]1CC(CCc2ccccc2)=NO1. The molecular formula is C20H20N2O4. The van der Waals surface area contributed by atoms with Crippen molar-refractivity contribution < 1.29 is 19.1 Å². The molecule has 1 amide bonds. The molecule has 2 aromatic rings. The van der Waals surface area contributed by atoms with Crippen molar-refractivity contribution in [2.24, 2.45) is 5.16 Å². The van der Waals surface area contributed by atoms with E-state index in [4.69, 9.17) is 14.3 Å². The molecule has 1 atom stereocenters. The van der Waals surface area contributed by atoms with Gasteiger partial charge in [0.15, 0.2) is 11.5 Å². The minimum atomic E-state index is -0.546. The van der Waals surface area contributed by atoms with Crippen LogP contribution in [0.5, 0.6) is 11.5 Å². The zero-order valence-electron chi connectivity index (χ0n) is 14.3. The summed E-state index contributed by atoms with van der Waals surface area (Å²) in [4.78, 5) is 17.6. The number of fused-ring (bicyclic) bond motifs is 1. The van der Waals surface area contributed by atoms with Crippen molar-refractivity contribution >= 4 is 11.6 Å². The molecule has 134 valence electrons. The summed E-state index contributed by atoms with van der Waals surface area (Å²) in [5.41, 5.74) is 3.13. The number of carbonyl (C=O) groups is 1. The third-order valence-electron chi connectivity index (χ3n) is 4.47. The molecule has 26 heavy (non-hydrogen) atoms. The molecule has 2 aromatic carbocycles. The Morgan fingerprint density at radius 2 is 1.88 bits per heavy atom. The molecule has 6 heteroatoms. The number of aryl methyl sites for hydroxylation is 1. The van der Waals surface area contributed by atoms with Crippen LogP contribution >= 0.6 is 0 Å². The minimum Gasteiger partial charge on any atom is -0.454 e. The van der Waals surface area contributed by atoms with Crippen LogP contribution in [0.4, 0.5) is 0 Å². The van der Waals surface area contributed by atoms with Crippen LogP contribution in [0.1, 0.15) is 24.0 Å². The van der Waals surface area contributed by atoms with Gasteiger partial charge in [0.05, 0.1) is 5.71 Å². The summed E-state index contributed by atoms with van der Waals surface area (Å²) in [5, 5.41) is 6.97. The fourth-order valence-corrected chi connectivity index (χ4v) is 3.00. The van der Waals surface area contributed by atoms with Crippen molar-refractivity contribution in [1.29, 1.82) is 0 Å². The molecule has 2 heterocycles. The molecule has 2 aliphatic rings. The summed E-state index contributed by atoms with van der Waals surface area (Å²) in [6.45, 7) is 0.652. The van der Waals surface area contributed by atoms with Gasteiger partial charge in [0, 0.05) is 13.0 Å². The lowest BCUT2D eigenvalue weighted by Gasteiger charge is -2.10. The number of amides is 1. The first-order chi connectivity index (χ1) is 12.8. The maximum Gasteiger partial charge on any atom is 0.264 e. The van der Waals surface area contributed by atoms with Crippen LogP contribution in [0.2, 0.25) is 0 Å². The predicted octanol–water partition coefficient (Wildman–Crippen LogP) is 2.81. The van der Waals surface area contributed by atoms with Crippen LogP contribution < -0.4 is 14.8 Å². The second-order valence-electron chi connectivity index (χ2n) is 6.35. The van der Waals surface area contributed by atoms with Gasteiger partial charge in [-0.2, -0.15) is 0 Å². The van der Waals surface area contributed by atoms with Gasteiger partial charge in [-0.1, -0.05) is 41.6 Å². The predicted molar refractivity (Wildman–Crippen MR) is 96.1 cm³/mol. The maximum absolute atomic E-state index is 12.3.